The van der Waals surface area contributed by atoms with Crippen LogP contribution in [0.15, 0.2) is 42.5 Å². The van der Waals surface area contributed by atoms with Crippen molar-refractivity contribution in [3.63, 3.8) is 0 Å². The lowest BCUT2D eigenvalue weighted by Gasteiger charge is -2.16. The third-order valence-corrected chi connectivity index (χ3v) is 3.96. The first-order chi connectivity index (χ1) is 12.4. The van der Waals surface area contributed by atoms with Crippen LogP contribution in [-0.2, 0) is 14.3 Å². The molecule has 2 N–H and O–H groups in total. The minimum atomic E-state index is -0.290. The van der Waals surface area contributed by atoms with Gasteiger partial charge in [0, 0.05) is 11.4 Å². The van der Waals surface area contributed by atoms with E-state index in [0.29, 0.717) is 11.6 Å². The molecule has 0 aliphatic rings. The zero-order chi connectivity index (χ0) is 19.1. The highest BCUT2D eigenvalue weighted by atomic mass is 16.5. The second kappa shape index (κ2) is 9.15. The van der Waals surface area contributed by atoms with E-state index in [9.17, 15) is 9.59 Å². The summed E-state index contributed by atoms with van der Waals surface area (Å²) in [4.78, 5) is 24.0. The maximum atomic E-state index is 12.2. The molecule has 0 radical (unpaired) electrons. The summed E-state index contributed by atoms with van der Waals surface area (Å²) in [6.07, 6.45) is 0. The summed E-state index contributed by atoms with van der Waals surface area (Å²) in [6, 6.07) is 13.4. The first-order valence-electron chi connectivity index (χ1n) is 8.70. The number of amides is 2. The number of benzene rings is 2. The summed E-state index contributed by atoms with van der Waals surface area (Å²) in [6.45, 7) is 7.72. The molecule has 0 bridgehead atoms. The van der Waals surface area contributed by atoms with Gasteiger partial charge in [0.25, 0.3) is 0 Å². The molecule has 0 aliphatic heterocycles. The zero-order valence-electron chi connectivity index (χ0n) is 15.8. The first kappa shape index (κ1) is 19.7. The molecule has 0 saturated carbocycles. The van der Waals surface area contributed by atoms with Crippen molar-refractivity contribution in [2.45, 2.75) is 33.6 Å². The minimum absolute atomic E-state index is 0.174. The molecule has 0 heterocycles. The van der Waals surface area contributed by atoms with Crippen LogP contribution in [0.25, 0.3) is 0 Å². The molecule has 2 amide bonds. The van der Waals surface area contributed by atoms with Gasteiger partial charge in [-0.3, -0.25) is 9.59 Å². The van der Waals surface area contributed by atoms with E-state index in [1.165, 1.54) is 0 Å². The van der Waals surface area contributed by atoms with Gasteiger partial charge in [0.2, 0.25) is 11.8 Å². The fourth-order valence-corrected chi connectivity index (χ4v) is 2.67. The normalized spacial score (nSPS) is 10.7. The molecule has 5 nitrogen and oxygen atoms in total. The number of aryl methyl sites for hydroxylation is 2. The van der Waals surface area contributed by atoms with Crippen molar-refractivity contribution in [3.8, 4) is 0 Å². The number of ether oxygens (including phenoxy) is 1. The molecule has 0 spiro atoms. The van der Waals surface area contributed by atoms with Gasteiger partial charge in [-0.25, -0.2) is 0 Å². The Morgan fingerprint density at radius 3 is 2.27 bits per heavy atom. The van der Waals surface area contributed by atoms with Gasteiger partial charge in [-0.05, 0) is 48.6 Å². The van der Waals surface area contributed by atoms with E-state index in [2.05, 4.69) is 24.5 Å². The Morgan fingerprint density at radius 1 is 0.962 bits per heavy atom. The zero-order valence-corrected chi connectivity index (χ0v) is 15.8. The molecule has 26 heavy (non-hydrogen) atoms. The molecule has 5 heteroatoms. The number of anilines is 2. The molecule has 0 unspecified atom stereocenters. The van der Waals surface area contributed by atoms with Gasteiger partial charge in [0.1, 0.15) is 13.2 Å². The average molecular weight is 354 g/mol. The number of nitrogens with one attached hydrogen (secondary N) is 2. The monoisotopic (exact) mass is 354 g/mol. The Kier molecular flexibility index (Phi) is 6.92. The van der Waals surface area contributed by atoms with Gasteiger partial charge < -0.3 is 15.4 Å². The number of rotatable bonds is 7. The first-order valence-corrected chi connectivity index (χ1v) is 8.70. The number of hydrogen-bond donors (Lipinski definition) is 2. The predicted molar refractivity (Wildman–Crippen MR) is 105 cm³/mol. The Hall–Kier alpha value is -2.66. The molecule has 0 fully saturated rings. The quantitative estimate of drug-likeness (QED) is 0.789. The fraction of sp³-hybridized carbons (Fsp3) is 0.333. The predicted octanol–water partition coefficient (Wildman–Crippen LogP) is 4.02. The standard InChI is InChI=1S/C21H26N2O3/c1-14(2)18-10-6-8-16(4)21(18)23-20(25)13-26-12-19(24)22-17-9-5-7-15(3)11-17/h5-11,14H,12-13H2,1-4H3,(H,22,24)(H,23,25). The number of para-hydroxylation sites is 1. The largest absolute Gasteiger partial charge is 0.362 e. The molecule has 0 aromatic heterocycles. The van der Waals surface area contributed by atoms with Crippen LogP contribution in [0.2, 0.25) is 0 Å². The third kappa shape index (κ3) is 5.70. The molecular weight excluding hydrogens is 328 g/mol. The second-order valence-corrected chi connectivity index (χ2v) is 6.65. The Bertz CT molecular complexity index is 785. The highest BCUT2D eigenvalue weighted by molar-refractivity contribution is 5.94. The van der Waals surface area contributed by atoms with E-state index in [-0.39, 0.29) is 25.0 Å². The number of carbonyl (C=O) groups is 2. The maximum absolute atomic E-state index is 12.2. The van der Waals surface area contributed by atoms with Crippen molar-refractivity contribution in [1.29, 1.82) is 0 Å². The van der Waals surface area contributed by atoms with Crippen LogP contribution in [0.4, 0.5) is 11.4 Å². The molecule has 0 atom stereocenters. The highest BCUT2D eigenvalue weighted by Crippen LogP contribution is 2.27. The van der Waals surface area contributed by atoms with E-state index >= 15 is 0 Å². The molecule has 2 aromatic carbocycles. The van der Waals surface area contributed by atoms with Crippen molar-refractivity contribution in [3.05, 3.63) is 59.2 Å². The lowest BCUT2D eigenvalue weighted by atomic mass is 9.98. The van der Waals surface area contributed by atoms with Crippen molar-refractivity contribution < 1.29 is 14.3 Å². The lowest BCUT2D eigenvalue weighted by Crippen LogP contribution is -2.24. The van der Waals surface area contributed by atoms with Gasteiger partial charge >= 0.3 is 0 Å². The Balaban J connectivity index is 1.83. The van der Waals surface area contributed by atoms with Gasteiger partial charge in [0.05, 0.1) is 0 Å². The van der Waals surface area contributed by atoms with E-state index in [1.807, 2.05) is 56.3 Å². The topological polar surface area (TPSA) is 67.4 Å². The van der Waals surface area contributed by atoms with Crippen LogP contribution >= 0.6 is 0 Å². The summed E-state index contributed by atoms with van der Waals surface area (Å²) in [5.74, 6) is -0.266. The van der Waals surface area contributed by atoms with Crippen LogP contribution in [-0.4, -0.2) is 25.0 Å². The molecular formula is C21H26N2O3. The van der Waals surface area contributed by atoms with Crippen molar-refractivity contribution in [2.75, 3.05) is 23.8 Å². The second-order valence-electron chi connectivity index (χ2n) is 6.65. The third-order valence-electron chi connectivity index (χ3n) is 3.96. The highest BCUT2D eigenvalue weighted by Gasteiger charge is 2.12. The summed E-state index contributed by atoms with van der Waals surface area (Å²) in [7, 11) is 0. The molecule has 2 aromatic rings. The minimum Gasteiger partial charge on any atom is -0.362 e. The SMILES string of the molecule is Cc1cccc(NC(=O)COCC(=O)Nc2c(C)cccc2C(C)C)c1. The lowest BCUT2D eigenvalue weighted by molar-refractivity contribution is -0.125. The van der Waals surface area contributed by atoms with Gasteiger partial charge in [-0.15, -0.1) is 0 Å². The fourth-order valence-electron chi connectivity index (χ4n) is 2.67. The maximum Gasteiger partial charge on any atom is 0.250 e. The molecule has 0 saturated heterocycles. The van der Waals surface area contributed by atoms with Gasteiger partial charge in [-0.1, -0.05) is 44.2 Å². The Labute approximate surface area is 154 Å². The van der Waals surface area contributed by atoms with Gasteiger partial charge in [-0.2, -0.15) is 0 Å². The van der Waals surface area contributed by atoms with E-state index in [4.69, 9.17) is 4.74 Å². The molecule has 0 aliphatic carbocycles. The van der Waals surface area contributed by atoms with E-state index in [1.54, 1.807) is 0 Å². The number of carbonyl (C=O) groups excluding carboxylic acids is 2. The summed E-state index contributed by atoms with van der Waals surface area (Å²) in [5.41, 5.74) is 4.67. The Morgan fingerprint density at radius 2 is 1.62 bits per heavy atom. The van der Waals surface area contributed by atoms with Crippen LogP contribution in [0.5, 0.6) is 0 Å². The van der Waals surface area contributed by atoms with Crippen molar-refractivity contribution >= 4 is 23.2 Å². The van der Waals surface area contributed by atoms with E-state index in [0.717, 1.165) is 22.4 Å². The average Bonchev–Trinajstić information content (AvgIpc) is 2.56. The smallest absolute Gasteiger partial charge is 0.250 e. The summed E-state index contributed by atoms with van der Waals surface area (Å²) in [5, 5.41) is 5.64. The van der Waals surface area contributed by atoms with Crippen LogP contribution < -0.4 is 10.6 Å². The summed E-state index contributed by atoms with van der Waals surface area (Å²) < 4.78 is 5.25. The van der Waals surface area contributed by atoms with Crippen LogP contribution in [0, 0.1) is 13.8 Å². The van der Waals surface area contributed by atoms with Crippen molar-refractivity contribution in [1.82, 2.24) is 0 Å². The number of hydrogen-bond acceptors (Lipinski definition) is 3. The van der Waals surface area contributed by atoms with Crippen LogP contribution in [0.3, 0.4) is 0 Å². The van der Waals surface area contributed by atoms with Gasteiger partial charge in [0.15, 0.2) is 0 Å². The summed E-state index contributed by atoms with van der Waals surface area (Å²) >= 11 is 0. The van der Waals surface area contributed by atoms with Crippen molar-refractivity contribution in [2.24, 2.45) is 0 Å². The molecule has 138 valence electrons. The van der Waals surface area contributed by atoms with Crippen LogP contribution in [0.1, 0.15) is 36.5 Å². The van der Waals surface area contributed by atoms with E-state index < -0.39 is 0 Å². The molecule has 2 rings (SSSR count).